The number of fused-ring (bicyclic) bond motifs is 6. The molecule has 3 aromatic carbocycles. The zero-order valence-corrected chi connectivity index (χ0v) is 30.4. The summed E-state index contributed by atoms with van der Waals surface area (Å²) in [5, 5.41) is 11.3. The van der Waals surface area contributed by atoms with E-state index in [0.29, 0.717) is 63.5 Å². The molecule has 2 unspecified atom stereocenters. The van der Waals surface area contributed by atoms with E-state index < -0.39 is 23.9 Å². The lowest BCUT2D eigenvalue weighted by molar-refractivity contribution is -0.192. The average Bonchev–Trinajstić information content (AvgIpc) is 3.40. The van der Waals surface area contributed by atoms with E-state index >= 15 is 4.39 Å². The first-order valence-electron chi connectivity index (χ1n) is 17.4. The van der Waals surface area contributed by atoms with Crippen molar-refractivity contribution in [2.45, 2.75) is 62.6 Å². The van der Waals surface area contributed by atoms with E-state index in [-0.39, 0.29) is 42.4 Å². The molecule has 9 rings (SSSR count). The van der Waals surface area contributed by atoms with Crippen molar-refractivity contribution in [1.82, 2.24) is 10.2 Å². The first kappa shape index (κ1) is 38.0. The number of para-hydroxylation sites is 1. The van der Waals surface area contributed by atoms with Gasteiger partial charge in [-0.1, -0.05) is 41.4 Å². The minimum atomic E-state index is -5.08. The zero-order valence-electron chi connectivity index (χ0n) is 28.9. The van der Waals surface area contributed by atoms with Crippen LogP contribution in [0.15, 0.2) is 42.5 Å². The fourth-order valence-corrected chi connectivity index (χ4v) is 8.64. The summed E-state index contributed by atoms with van der Waals surface area (Å²) in [6.07, 6.45) is -0.966. The van der Waals surface area contributed by atoms with Gasteiger partial charge in [0.2, 0.25) is 0 Å². The van der Waals surface area contributed by atoms with Crippen molar-refractivity contribution in [3.05, 3.63) is 75.0 Å². The quantitative estimate of drug-likeness (QED) is 0.218. The van der Waals surface area contributed by atoms with Gasteiger partial charge in [-0.3, -0.25) is 4.79 Å². The molecule has 6 aliphatic heterocycles. The molecule has 4 atom stereocenters. The van der Waals surface area contributed by atoms with Crippen molar-refractivity contribution in [3.63, 3.8) is 0 Å². The van der Waals surface area contributed by atoms with Gasteiger partial charge in [0.15, 0.2) is 6.73 Å². The van der Waals surface area contributed by atoms with Gasteiger partial charge in [0.25, 0.3) is 5.91 Å². The summed E-state index contributed by atoms with van der Waals surface area (Å²) in [7, 11) is 1.30. The first-order valence-corrected chi connectivity index (χ1v) is 18.1. The topological polar surface area (TPSA) is 121 Å². The van der Waals surface area contributed by atoms with Crippen molar-refractivity contribution in [3.8, 4) is 16.9 Å². The van der Waals surface area contributed by atoms with Gasteiger partial charge in [-0.2, -0.15) is 13.2 Å². The van der Waals surface area contributed by atoms with E-state index in [0.717, 1.165) is 44.5 Å². The van der Waals surface area contributed by atoms with Gasteiger partial charge in [-0.25, -0.2) is 14.0 Å². The summed E-state index contributed by atoms with van der Waals surface area (Å²) in [6, 6.07) is 13.1. The van der Waals surface area contributed by atoms with Crippen molar-refractivity contribution < 1.29 is 51.3 Å². The van der Waals surface area contributed by atoms with Gasteiger partial charge >= 0.3 is 18.1 Å². The number of halogens is 6. The number of aliphatic carboxylic acids is 1. The number of methoxy groups -OCH3 is 1. The van der Waals surface area contributed by atoms with Crippen LogP contribution >= 0.6 is 23.2 Å². The third-order valence-corrected chi connectivity index (χ3v) is 11.2. The maximum absolute atomic E-state index is 15.9. The van der Waals surface area contributed by atoms with Crippen molar-refractivity contribution in [2.75, 3.05) is 49.9 Å². The summed E-state index contributed by atoms with van der Waals surface area (Å²) in [5.74, 6) is -3.78. The number of anilines is 2. The van der Waals surface area contributed by atoms with Gasteiger partial charge in [-0.15, -0.1) is 0 Å². The van der Waals surface area contributed by atoms with Crippen LogP contribution < -0.4 is 19.9 Å². The predicted octanol–water partition coefficient (Wildman–Crippen LogP) is 6.52. The second-order valence-electron chi connectivity index (χ2n) is 13.8. The van der Waals surface area contributed by atoms with Crippen molar-refractivity contribution in [2.24, 2.45) is 0 Å². The van der Waals surface area contributed by atoms with E-state index in [1.54, 1.807) is 17.0 Å². The molecule has 0 spiro atoms. The van der Waals surface area contributed by atoms with Gasteiger partial charge in [-0.05, 0) is 49.9 Å². The Kier molecular flexibility index (Phi) is 10.6. The number of nitrogens with one attached hydrogen (secondary N) is 1. The third kappa shape index (κ3) is 7.26. The molecule has 0 aliphatic carbocycles. The molecule has 0 saturated carbocycles. The average molecular weight is 796 g/mol. The minimum Gasteiger partial charge on any atom is -0.475 e. The molecular formula is C37H36Cl2F4N4O7. The molecule has 0 aromatic heterocycles. The Bertz CT molecular complexity index is 1940. The van der Waals surface area contributed by atoms with Crippen LogP contribution in [0.25, 0.3) is 11.1 Å². The number of rotatable bonds is 5. The van der Waals surface area contributed by atoms with Crippen molar-refractivity contribution in [1.29, 1.82) is 0 Å². The van der Waals surface area contributed by atoms with Gasteiger partial charge in [0.05, 0.1) is 65.8 Å². The van der Waals surface area contributed by atoms with Crippen LogP contribution in [0, 0.1) is 5.82 Å². The third-order valence-electron chi connectivity index (χ3n) is 10.6. The molecule has 1 amide bonds. The maximum atomic E-state index is 15.9. The molecule has 3 aromatic rings. The number of piperidine rings is 2. The number of amides is 1. The second kappa shape index (κ2) is 15.1. The second-order valence-corrected chi connectivity index (χ2v) is 14.6. The molecule has 2 N–H and O–H groups in total. The predicted molar refractivity (Wildman–Crippen MR) is 191 cm³/mol. The number of carbonyl (C=O) groups excluding carboxylic acids is 2. The summed E-state index contributed by atoms with van der Waals surface area (Å²) in [5.41, 5.74) is 3.51. The van der Waals surface area contributed by atoms with Crippen LogP contribution in [0.5, 0.6) is 5.75 Å². The number of nitrogens with zero attached hydrogens (tertiary/aromatic N) is 3. The molecule has 17 heteroatoms. The number of benzene rings is 3. The molecule has 6 aliphatic rings. The molecule has 0 radical (unpaired) electrons. The first-order chi connectivity index (χ1) is 25.7. The van der Waals surface area contributed by atoms with E-state index in [9.17, 15) is 22.8 Å². The summed E-state index contributed by atoms with van der Waals surface area (Å²) < 4.78 is 64.6. The highest BCUT2D eigenvalue weighted by molar-refractivity contribution is 6.40. The highest BCUT2D eigenvalue weighted by Crippen LogP contribution is 2.44. The molecule has 54 heavy (non-hydrogen) atoms. The Hall–Kier alpha value is -4.31. The Morgan fingerprint density at radius 2 is 1.63 bits per heavy atom. The number of carbonyl (C=O) groups is 3. The highest BCUT2D eigenvalue weighted by Gasteiger charge is 2.41. The smallest absolute Gasteiger partial charge is 0.475 e. The van der Waals surface area contributed by atoms with E-state index in [1.807, 2.05) is 24.3 Å². The Balaban J connectivity index is 0.000000588. The van der Waals surface area contributed by atoms with E-state index in [1.165, 1.54) is 13.2 Å². The van der Waals surface area contributed by atoms with Gasteiger partial charge < -0.3 is 39.3 Å². The summed E-state index contributed by atoms with van der Waals surface area (Å²) in [4.78, 5) is 41.6. The number of hydrogen-bond donors (Lipinski definition) is 2. The lowest BCUT2D eigenvalue weighted by atomic mass is 9.92. The monoisotopic (exact) mass is 794 g/mol. The number of alkyl halides is 3. The van der Waals surface area contributed by atoms with Crippen molar-refractivity contribution >= 4 is 52.4 Å². The number of morpholine rings is 1. The van der Waals surface area contributed by atoms with Crippen LogP contribution in [0.4, 0.5) is 28.9 Å². The molecule has 5 fully saturated rings. The lowest BCUT2D eigenvalue weighted by Gasteiger charge is -2.47. The van der Waals surface area contributed by atoms with Crippen LogP contribution in [-0.4, -0.2) is 98.3 Å². The number of carboxylic acid groups (broad SMARTS) is 1. The number of esters is 1. The highest BCUT2D eigenvalue weighted by atomic mass is 35.5. The van der Waals surface area contributed by atoms with Gasteiger partial charge in [0, 0.05) is 47.6 Å². The number of ether oxygens (including phenoxy) is 3. The fourth-order valence-electron chi connectivity index (χ4n) is 8.01. The molecule has 11 nitrogen and oxygen atoms in total. The van der Waals surface area contributed by atoms with Crippen LogP contribution in [0.2, 0.25) is 10.0 Å². The Labute approximate surface area is 317 Å². The Morgan fingerprint density at radius 1 is 0.963 bits per heavy atom. The van der Waals surface area contributed by atoms with Crippen LogP contribution in [0.1, 0.15) is 52.0 Å². The molecule has 5 saturated heterocycles. The van der Waals surface area contributed by atoms with E-state index in [2.05, 4.69) is 15.1 Å². The molecule has 288 valence electrons. The zero-order chi connectivity index (χ0) is 38.5. The largest absolute Gasteiger partial charge is 0.490 e. The SMILES string of the molecule is COC(=O)c1cc(F)c(-c2cccc3c2OCN(C(=O)c2c(Cl)cc(N4C[C@H]5CC[C@@H]4CN5)cc2Cl)C3)cc1N1C2CCC1COC2.O=C(O)C(F)(F)F. The molecular weight excluding hydrogens is 759 g/mol. The number of hydrogen-bond acceptors (Lipinski definition) is 9. The summed E-state index contributed by atoms with van der Waals surface area (Å²) >= 11 is 13.5. The number of piperazine rings is 1. The Morgan fingerprint density at radius 3 is 2.20 bits per heavy atom. The van der Waals surface area contributed by atoms with E-state index in [4.69, 9.17) is 47.3 Å². The standard InChI is InChI=1S/C35H35Cl2FN4O5.C2HF3O2/c1-45-35(44)27-11-30(38)26(12-31(27)42-22-7-8-23(42)17-46-16-22)25-4-2-3-19-14-40(18-47-33(19)25)34(43)32-28(36)9-24(10-29(32)37)41-15-20-5-6-21(41)13-39-20;3-2(4,5)1(6)7/h2-4,9-12,20-23,39H,5-8,13-18H2,1H3;(H,6,7)/t20-,21-,22?,23?;/m1./s1. The molecule has 6 heterocycles. The minimum absolute atomic E-state index is 0.0683. The lowest BCUT2D eigenvalue weighted by Crippen LogP contribution is -2.61. The van der Waals surface area contributed by atoms with Crippen LogP contribution in [-0.2, 0) is 20.8 Å². The van der Waals surface area contributed by atoms with Gasteiger partial charge in [0.1, 0.15) is 11.6 Å². The maximum Gasteiger partial charge on any atom is 0.490 e. The molecule has 4 bridgehead atoms. The van der Waals surface area contributed by atoms with Crippen LogP contribution in [0.3, 0.4) is 0 Å². The summed E-state index contributed by atoms with van der Waals surface area (Å²) in [6.45, 7) is 3.05. The normalized spacial score (nSPS) is 22.9. The fraction of sp³-hybridized carbons (Fsp3) is 0.432. The number of carboxylic acids is 1.